The Bertz CT molecular complexity index is 853. The van der Waals surface area contributed by atoms with Gasteiger partial charge in [0.2, 0.25) is 0 Å². The number of amides is 1. The molecular formula is C19H19ClN2O5. The third-order valence-corrected chi connectivity index (χ3v) is 3.87. The summed E-state index contributed by atoms with van der Waals surface area (Å²) in [7, 11) is 0. The molecule has 0 saturated heterocycles. The Morgan fingerprint density at radius 2 is 1.89 bits per heavy atom. The molecule has 1 N–H and O–H groups in total. The number of hydrogen-bond donors (Lipinski definition) is 1. The first-order chi connectivity index (χ1) is 12.8. The van der Waals surface area contributed by atoms with Crippen LogP contribution in [0.4, 0.5) is 5.69 Å². The number of nitrogens with one attached hydrogen (secondary N) is 1. The van der Waals surface area contributed by atoms with Crippen molar-refractivity contribution >= 4 is 29.2 Å². The predicted molar refractivity (Wildman–Crippen MR) is 101 cm³/mol. The number of rotatable bonds is 7. The summed E-state index contributed by atoms with van der Waals surface area (Å²) in [6.07, 6.45) is -0.581. The second-order valence-electron chi connectivity index (χ2n) is 6.10. The zero-order chi connectivity index (χ0) is 20.0. The summed E-state index contributed by atoms with van der Waals surface area (Å²) < 4.78 is 5.13. The van der Waals surface area contributed by atoms with E-state index in [1.165, 1.54) is 24.3 Å². The lowest BCUT2D eigenvalue weighted by molar-refractivity contribution is -0.385. The molecule has 142 valence electrons. The van der Waals surface area contributed by atoms with Crippen LogP contribution in [-0.2, 0) is 9.53 Å². The van der Waals surface area contributed by atoms with E-state index in [-0.39, 0.29) is 29.3 Å². The fourth-order valence-corrected chi connectivity index (χ4v) is 2.73. The van der Waals surface area contributed by atoms with E-state index in [2.05, 4.69) is 5.32 Å². The van der Waals surface area contributed by atoms with Gasteiger partial charge in [0.15, 0.2) is 0 Å². The van der Waals surface area contributed by atoms with Gasteiger partial charge in [0.1, 0.15) is 0 Å². The van der Waals surface area contributed by atoms with Crippen molar-refractivity contribution in [3.8, 4) is 0 Å². The Balaban J connectivity index is 2.34. The molecule has 8 heteroatoms. The van der Waals surface area contributed by atoms with E-state index in [1.807, 2.05) is 0 Å². The Labute approximate surface area is 161 Å². The lowest BCUT2D eigenvalue weighted by Gasteiger charge is -2.19. The van der Waals surface area contributed by atoms with Crippen LogP contribution in [0, 0.1) is 10.1 Å². The number of nitro groups is 1. The van der Waals surface area contributed by atoms with Gasteiger partial charge in [0.25, 0.3) is 11.6 Å². The zero-order valence-electron chi connectivity index (χ0n) is 14.8. The van der Waals surface area contributed by atoms with E-state index < -0.39 is 22.8 Å². The molecule has 2 aromatic carbocycles. The Kier molecular flexibility index (Phi) is 6.90. The Morgan fingerprint density at radius 1 is 1.19 bits per heavy atom. The van der Waals surface area contributed by atoms with Gasteiger partial charge in [-0.25, -0.2) is 0 Å². The number of nitrogens with zero attached hydrogens (tertiary/aromatic N) is 1. The highest BCUT2D eigenvalue weighted by molar-refractivity contribution is 6.30. The van der Waals surface area contributed by atoms with E-state index in [4.69, 9.17) is 16.3 Å². The van der Waals surface area contributed by atoms with Crippen molar-refractivity contribution in [1.29, 1.82) is 0 Å². The average Bonchev–Trinajstić information content (AvgIpc) is 2.60. The van der Waals surface area contributed by atoms with Crippen molar-refractivity contribution in [2.75, 3.05) is 0 Å². The smallest absolute Gasteiger partial charge is 0.308 e. The van der Waals surface area contributed by atoms with Crippen LogP contribution in [-0.4, -0.2) is 22.9 Å². The van der Waals surface area contributed by atoms with Gasteiger partial charge in [-0.2, -0.15) is 0 Å². The van der Waals surface area contributed by atoms with Crippen LogP contribution in [0.1, 0.15) is 42.2 Å². The van der Waals surface area contributed by atoms with Crippen LogP contribution in [0.5, 0.6) is 0 Å². The van der Waals surface area contributed by atoms with E-state index >= 15 is 0 Å². The maximum absolute atomic E-state index is 12.6. The zero-order valence-corrected chi connectivity index (χ0v) is 15.6. The minimum Gasteiger partial charge on any atom is -0.463 e. The fraction of sp³-hybridized carbons (Fsp3) is 0.263. The molecule has 0 heterocycles. The molecule has 0 radical (unpaired) electrons. The molecule has 2 rings (SSSR count). The number of esters is 1. The molecular weight excluding hydrogens is 372 g/mol. The molecule has 0 fully saturated rings. The summed E-state index contributed by atoms with van der Waals surface area (Å²) in [6.45, 7) is 3.39. The quantitative estimate of drug-likeness (QED) is 0.436. The average molecular weight is 391 g/mol. The highest BCUT2D eigenvalue weighted by atomic mass is 35.5. The van der Waals surface area contributed by atoms with Crippen molar-refractivity contribution in [1.82, 2.24) is 5.32 Å². The number of carbonyl (C=O) groups is 2. The molecule has 27 heavy (non-hydrogen) atoms. The standard InChI is InChI=1S/C19H19ClN2O5/c1-12(2)27-18(23)11-16(15-8-3-4-9-17(15)22(25)26)21-19(24)13-6-5-7-14(20)10-13/h3-10,12,16H,11H2,1-2H3,(H,21,24). The van der Waals surface area contributed by atoms with Crippen LogP contribution < -0.4 is 5.32 Å². The normalized spacial score (nSPS) is 11.7. The van der Waals surface area contributed by atoms with E-state index in [1.54, 1.807) is 38.1 Å². The number of para-hydroxylation sites is 1. The molecule has 0 aliphatic carbocycles. The van der Waals surface area contributed by atoms with Crippen molar-refractivity contribution in [3.05, 3.63) is 74.8 Å². The second-order valence-corrected chi connectivity index (χ2v) is 6.53. The molecule has 1 amide bonds. The molecule has 0 aliphatic heterocycles. The largest absolute Gasteiger partial charge is 0.463 e. The third-order valence-electron chi connectivity index (χ3n) is 3.64. The summed E-state index contributed by atoms with van der Waals surface area (Å²) in [5.41, 5.74) is 0.313. The predicted octanol–water partition coefficient (Wildman–Crippen LogP) is 4.06. The number of halogens is 1. The van der Waals surface area contributed by atoms with Crippen molar-refractivity contribution in [2.24, 2.45) is 0 Å². The molecule has 0 saturated carbocycles. The fourth-order valence-electron chi connectivity index (χ4n) is 2.54. The molecule has 0 aliphatic rings. The molecule has 0 aromatic heterocycles. The lowest BCUT2D eigenvalue weighted by Crippen LogP contribution is -2.31. The van der Waals surface area contributed by atoms with Gasteiger partial charge in [-0.3, -0.25) is 19.7 Å². The number of nitro benzene ring substituents is 1. The van der Waals surface area contributed by atoms with Crippen molar-refractivity contribution in [3.63, 3.8) is 0 Å². The van der Waals surface area contributed by atoms with Crippen molar-refractivity contribution in [2.45, 2.75) is 32.4 Å². The first-order valence-corrected chi connectivity index (χ1v) is 8.65. The molecule has 0 bridgehead atoms. The van der Waals surface area contributed by atoms with Gasteiger partial charge < -0.3 is 10.1 Å². The highest BCUT2D eigenvalue weighted by Gasteiger charge is 2.27. The maximum Gasteiger partial charge on any atom is 0.308 e. The maximum atomic E-state index is 12.6. The van der Waals surface area contributed by atoms with Gasteiger partial charge in [-0.1, -0.05) is 35.9 Å². The summed E-state index contributed by atoms with van der Waals surface area (Å²) in [4.78, 5) is 35.5. The first-order valence-electron chi connectivity index (χ1n) is 8.27. The summed E-state index contributed by atoms with van der Waals surface area (Å²) in [5.74, 6) is -1.07. The molecule has 2 aromatic rings. The number of hydrogen-bond acceptors (Lipinski definition) is 5. The lowest BCUT2D eigenvalue weighted by atomic mass is 10.0. The minimum absolute atomic E-state index is 0.189. The summed E-state index contributed by atoms with van der Waals surface area (Å²) in [6, 6.07) is 11.3. The van der Waals surface area contributed by atoms with Crippen LogP contribution in [0.25, 0.3) is 0 Å². The summed E-state index contributed by atoms with van der Waals surface area (Å²) in [5, 5.41) is 14.4. The van der Waals surface area contributed by atoms with Gasteiger partial charge in [-0.15, -0.1) is 0 Å². The minimum atomic E-state index is -0.927. The molecule has 0 spiro atoms. The monoisotopic (exact) mass is 390 g/mol. The number of benzene rings is 2. The van der Waals surface area contributed by atoms with Crippen LogP contribution >= 0.6 is 11.6 Å². The van der Waals surface area contributed by atoms with Crippen LogP contribution in [0.2, 0.25) is 5.02 Å². The Hall–Kier alpha value is -2.93. The van der Waals surface area contributed by atoms with E-state index in [0.717, 1.165) is 0 Å². The third kappa shape index (κ3) is 5.79. The van der Waals surface area contributed by atoms with Gasteiger partial charge in [0.05, 0.1) is 29.1 Å². The van der Waals surface area contributed by atoms with Gasteiger partial charge in [0, 0.05) is 16.7 Å². The van der Waals surface area contributed by atoms with Crippen LogP contribution in [0.15, 0.2) is 48.5 Å². The first kappa shape index (κ1) is 20.4. The van der Waals surface area contributed by atoms with E-state index in [0.29, 0.717) is 5.02 Å². The molecule has 1 unspecified atom stereocenters. The van der Waals surface area contributed by atoms with Crippen LogP contribution in [0.3, 0.4) is 0 Å². The second kappa shape index (κ2) is 9.14. The molecule has 7 nitrogen and oxygen atoms in total. The van der Waals surface area contributed by atoms with Gasteiger partial charge in [-0.05, 0) is 32.0 Å². The summed E-state index contributed by atoms with van der Waals surface area (Å²) >= 11 is 5.91. The topological polar surface area (TPSA) is 98.5 Å². The van der Waals surface area contributed by atoms with E-state index in [9.17, 15) is 19.7 Å². The van der Waals surface area contributed by atoms with Crippen molar-refractivity contribution < 1.29 is 19.2 Å². The SMILES string of the molecule is CC(C)OC(=O)CC(NC(=O)c1cccc(Cl)c1)c1ccccc1[N+](=O)[O-]. The molecule has 1 atom stereocenters. The number of ether oxygens (including phenoxy) is 1. The van der Waals surface area contributed by atoms with Gasteiger partial charge >= 0.3 is 5.97 Å². The highest BCUT2D eigenvalue weighted by Crippen LogP contribution is 2.28. The number of carbonyl (C=O) groups excluding carboxylic acids is 2. The Morgan fingerprint density at radius 3 is 2.52 bits per heavy atom.